The van der Waals surface area contributed by atoms with Gasteiger partial charge >= 0.3 is 0 Å². The van der Waals surface area contributed by atoms with Gasteiger partial charge in [0.05, 0.1) is 18.9 Å². The molecule has 6 atom stereocenters. The van der Waals surface area contributed by atoms with Gasteiger partial charge in [-0.25, -0.2) is 10.9 Å². The number of piperidine rings is 1. The Labute approximate surface area is 150 Å². The van der Waals surface area contributed by atoms with Crippen molar-refractivity contribution in [2.75, 3.05) is 13.7 Å². The third kappa shape index (κ3) is 4.33. The maximum absolute atomic E-state index is 12.6. The second-order valence-corrected chi connectivity index (χ2v) is 8.26. The SMILES string of the molecule is CC1CCCC(C2CCC(C(=O)N[C@H](C)C3NNCN3C)C(=O)N2)C1. The highest BCUT2D eigenvalue weighted by Crippen LogP contribution is 2.34. The minimum Gasteiger partial charge on any atom is -0.352 e. The lowest BCUT2D eigenvalue weighted by Crippen LogP contribution is -2.56. The average molecular weight is 351 g/mol. The smallest absolute Gasteiger partial charge is 0.232 e. The topological polar surface area (TPSA) is 85.5 Å². The second kappa shape index (κ2) is 8.01. The summed E-state index contributed by atoms with van der Waals surface area (Å²) in [6, 6.07) is 0.181. The van der Waals surface area contributed by atoms with Crippen LogP contribution < -0.4 is 21.5 Å². The fourth-order valence-electron chi connectivity index (χ4n) is 4.68. The third-order valence-electron chi connectivity index (χ3n) is 6.17. The Bertz CT molecular complexity index is 500. The molecule has 2 aliphatic heterocycles. The van der Waals surface area contributed by atoms with E-state index in [2.05, 4.69) is 33.3 Å². The Morgan fingerprint density at radius 2 is 2.08 bits per heavy atom. The molecule has 142 valence electrons. The standard InChI is InChI=1S/C18H33N5O2/c1-11-5-4-6-13(9-11)15-8-7-14(18(25)21-15)17(24)20-12(2)16-22-19-10-23(16)3/h11-16,19,22H,4-10H2,1-3H3,(H,20,24)(H,21,25)/t11?,12-,13?,14?,15?,16?/m1/s1. The van der Waals surface area contributed by atoms with Crippen molar-refractivity contribution >= 4 is 11.8 Å². The summed E-state index contributed by atoms with van der Waals surface area (Å²) in [6.07, 6.45) is 6.58. The van der Waals surface area contributed by atoms with Crippen molar-refractivity contribution < 1.29 is 9.59 Å². The van der Waals surface area contributed by atoms with Crippen LogP contribution in [0.5, 0.6) is 0 Å². The molecule has 0 radical (unpaired) electrons. The fourth-order valence-corrected chi connectivity index (χ4v) is 4.68. The summed E-state index contributed by atoms with van der Waals surface area (Å²) < 4.78 is 0. The highest BCUT2D eigenvalue weighted by molar-refractivity contribution is 6.01. The van der Waals surface area contributed by atoms with E-state index in [4.69, 9.17) is 0 Å². The minimum atomic E-state index is -0.556. The number of nitrogens with zero attached hydrogens (tertiary/aromatic N) is 1. The molecule has 3 fully saturated rings. The molecule has 25 heavy (non-hydrogen) atoms. The van der Waals surface area contributed by atoms with Gasteiger partial charge in [0.2, 0.25) is 11.8 Å². The summed E-state index contributed by atoms with van der Waals surface area (Å²) in [4.78, 5) is 27.2. The number of carbonyl (C=O) groups excluding carboxylic acids is 2. The number of amides is 2. The Balaban J connectivity index is 1.50. The lowest BCUT2D eigenvalue weighted by atomic mass is 9.75. The molecular formula is C18H33N5O2. The normalized spacial score (nSPS) is 38.2. The van der Waals surface area contributed by atoms with Gasteiger partial charge < -0.3 is 10.6 Å². The summed E-state index contributed by atoms with van der Waals surface area (Å²) in [5.74, 6) is 0.534. The quantitative estimate of drug-likeness (QED) is 0.556. The first-order valence-electron chi connectivity index (χ1n) is 9.75. The van der Waals surface area contributed by atoms with Gasteiger partial charge in [-0.05, 0) is 51.5 Å². The van der Waals surface area contributed by atoms with Crippen molar-refractivity contribution in [2.45, 2.75) is 70.6 Å². The monoisotopic (exact) mass is 351 g/mol. The molecule has 2 saturated heterocycles. The molecule has 1 saturated carbocycles. The number of nitrogens with one attached hydrogen (secondary N) is 4. The van der Waals surface area contributed by atoms with Crippen LogP contribution in [0.1, 0.15) is 52.4 Å². The zero-order valence-electron chi connectivity index (χ0n) is 15.7. The molecule has 0 aromatic rings. The first-order chi connectivity index (χ1) is 12.0. The Morgan fingerprint density at radius 3 is 2.72 bits per heavy atom. The molecule has 4 N–H and O–H groups in total. The summed E-state index contributed by atoms with van der Waals surface area (Å²) in [5, 5.41) is 6.16. The molecule has 1 aliphatic carbocycles. The van der Waals surface area contributed by atoms with Crippen molar-refractivity contribution in [3.63, 3.8) is 0 Å². The van der Waals surface area contributed by atoms with E-state index in [0.29, 0.717) is 12.3 Å². The van der Waals surface area contributed by atoms with Gasteiger partial charge in [0.1, 0.15) is 5.92 Å². The maximum atomic E-state index is 12.6. The Morgan fingerprint density at radius 1 is 1.28 bits per heavy atom. The molecule has 7 nitrogen and oxygen atoms in total. The van der Waals surface area contributed by atoms with Gasteiger partial charge in [-0.15, -0.1) is 0 Å². The largest absolute Gasteiger partial charge is 0.352 e. The van der Waals surface area contributed by atoms with Gasteiger partial charge in [0, 0.05) is 6.04 Å². The zero-order chi connectivity index (χ0) is 18.0. The number of carbonyl (C=O) groups is 2. The van der Waals surface area contributed by atoms with E-state index in [1.54, 1.807) is 0 Å². The van der Waals surface area contributed by atoms with Crippen LogP contribution in [0.2, 0.25) is 0 Å². The zero-order valence-corrected chi connectivity index (χ0v) is 15.7. The van der Waals surface area contributed by atoms with Crippen LogP contribution in [-0.2, 0) is 9.59 Å². The van der Waals surface area contributed by atoms with Crippen molar-refractivity contribution in [3.05, 3.63) is 0 Å². The highest BCUT2D eigenvalue weighted by Gasteiger charge is 2.38. The van der Waals surface area contributed by atoms with Crippen LogP contribution in [0.4, 0.5) is 0 Å². The minimum absolute atomic E-state index is 0.0343. The van der Waals surface area contributed by atoms with Gasteiger partial charge in [0.25, 0.3) is 0 Å². The van der Waals surface area contributed by atoms with E-state index in [1.807, 2.05) is 14.0 Å². The predicted octanol–water partition coefficient (Wildman–Crippen LogP) is 0.535. The lowest BCUT2D eigenvalue weighted by molar-refractivity contribution is -0.138. The Kier molecular flexibility index (Phi) is 5.96. The highest BCUT2D eigenvalue weighted by atomic mass is 16.2. The first kappa shape index (κ1) is 18.6. The van der Waals surface area contributed by atoms with E-state index in [9.17, 15) is 9.59 Å². The van der Waals surface area contributed by atoms with Crippen LogP contribution in [0, 0.1) is 17.8 Å². The molecule has 0 bridgehead atoms. The van der Waals surface area contributed by atoms with Crippen molar-refractivity contribution in [1.29, 1.82) is 0 Å². The fraction of sp³-hybridized carbons (Fsp3) is 0.889. The molecule has 5 unspecified atom stereocenters. The Hall–Kier alpha value is -1.18. The van der Waals surface area contributed by atoms with Crippen LogP contribution in [0.15, 0.2) is 0 Å². The second-order valence-electron chi connectivity index (χ2n) is 8.26. The molecule has 0 spiro atoms. The lowest BCUT2D eigenvalue weighted by Gasteiger charge is -2.38. The van der Waals surface area contributed by atoms with Crippen molar-refractivity contribution in [1.82, 2.24) is 26.4 Å². The number of hydrogen-bond acceptors (Lipinski definition) is 5. The number of hydrogen-bond donors (Lipinski definition) is 4. The van der Waals surface area contributed by atoms with Crippen LogP contribution in [0.25, 0.3) is 0 Å². The van der Waals surface area contributed by atoms with E-state index < -0.39 is 5.92 Å². The molecular weight excluding hydrogens is 318 g/mol. The molecule has 0 aromatic heterocycles. The summed E-state index contributed by atoms with van der Waals surface area (Å²) >= 11 is 0. The molecule has 2 heterocycles. The van der Waals surface area contributed by atoms with Crippen LogP contribution >= 0.6 is 0 Å². The average Bonchev–Trinajstić information content (AvgIpc) is 3.00. The van der Waals surface area contributed by atoms with E-state index >= 15 is 0 Å². The van der Waals surface area contributed by atoms with Crippen molar-refractivity contribution in [2.24, 2.45) is 17.8 Å². The summed E-state index contributed by atoms with van der Waals surface area (Å²) in [6.45, 7) is 5.00. The maximum Gasteiger partial charge on any atom is 0.232 e. The molecule has 0 aromatic carbocycles. The van der Waals surface area contributed by atoms with E-state index in [0.717, 1.165) is 19.0 Å². The third-order valence-corrected chi connectivity index (χ3v) is 6.17. The van der Waals surface area contributed by atoms with Gasteiger partial charge in [0.15, 0.2) is 0 Å². The van der Waals surface area contributed by atoms with E-state index in [-0.39, 0.29) is 30.1 Å². The van der Waals surface area contributed by atoms with Crippen molar-refractivity contribution in [3.8, 4) is 0 Å². The van der Waals surface area contributed by atoms with Crippen LogP contribution in [-0.4, -0.2) is 48.7 Å². The molecule has 7 heteroatoms. The summed E-state index contributed by atoms with van der Waals surface area (Å²) in [7, 11) is 1.99. The predicted molar refractivity (Wildman–Crippen MR) is 96.1 cm³/mol. The summed E-state index contributed by atoms with van der Waals surface area (Å²) in [5.41, 5.74) is 6.20. The number of likely N-dealkylation sites (N-methyl/N-ethyl adjacent to an activating group) is 1. The molecule has 2 amide bonds. The van der Waals surface area contributed by atoms with Gasteiger partial charge in [-0.1, -0.05) is 19.8 Å². The number of hydrazine groups is 1. The van der Waals surface area contributed by atoms with E-state index in [1.165, 1.54) is 25.7 Å². The van der Waals surface area contributed by atoms with Gasteiger partial charge in [-0.2, -0.15) is 0 Å². The first-order valence-corrected chi connectivity index (χ1v) is 9.75. The van der Waals surface area contributed by atoms with Gasteiger partial charge in [-0.3, -0.25) is 14.5 Å². The van der Waals surface area contributed by atoms with Crippen LogP contribution in [0.3, 0.4) is 0 Å². The molecule has 3 aliphatic rings. The number of rotatable bonds is 4. The molecule has 3 rings (SSSR count).